The molecule has 0 fully saturated rings. The highest BCUT2D eigenvalue weighted by Crippen LogP contribution is 2.11. The van der Waals surface area contributed by atoms with Gasteiger partial charge < -0.3 is 4.74 Å². The van der Waals surface area contributed by atoms with Gasteiger partial charge in [-0.25, -0.2) is 13.6 Å². The van der Waals surface area contributed by atoms with Crippen LogP contribution in [0.5, 0.6) is 0 Å². The van der Waals surface area contributed by atoms with E-state index in [1.165, 1.54) is 11.8 Å². The fourth-order valence-electron chi connectivity index (χ4n) is 0.949. The van der Waals surface area contributed by atoms with Gasteiger partial charge in [0.15, 0.2) is 0 Å². The summed E-state index contributed by atoms with van der Waals surface area (Å²) in [5.74, 6) is -1.64. The third-order valence-corrected chi connectivity index (χ3v) is 2.24. The van der Waals surface area contributed by atoms with Crippen molar-refractivity contribution in [1.29, 1.82) is 0 Å². The standard InChI is InChI=1S/C10H10F2O2S/c1-15-5-4-14-10(13)8-6-7(11)2-3-9(8)12/h2-3,6H,4-5H2,1H3. The molecule has 0 radical (unpaired) electrons. The van der Waals surface area contributed by atoms with Crippen molar-refractivity contribution in [2.45, 2.75) is 0 Å². The largest absolute Gasteiger partial charge is 0.461 e. The fourth-order valence-corrected chi connectivity index (χ4v) is 1.20. The Morgan fingerprint density at radius 3 is 2.87 bits per heavy atom. The summed E-state index contributed by atoms with van der Waals surface area (Å²) >= 11 is 1.50. The van der Waals surface area contributed by atoms with Crippen LogP contribution in [-0.4, -0.2) is 24.6 Å². The number of benzene rings is 1. The summed E-state index contributed by atoms with van der Waals surface area (Å²) in [4.78, 5) is 11.3. The molecular weight excluding hydrogens is 222 g/mol. The zero-order chi connectivity index (χ0) is 11.3. The second kappa shape index (κ2) is 5.70. The van der Waals surface area contributed by atoms with Gasteiger partial charge in [0.2, 0.25) is 0 Å². The molecule has 0 aliphatic carbocycles. The molecule has 5 heteroatoms. The number of hydrogen-bond acceptors (Lipinski definition) is 3. The molecule has 1 rings (SSSR count). The first-order chi connectivity index (χ1) is 7.15. The molecule has 0 aliphatic rings. The predicted octanol–water partition coefficient (Wildman–Crippen LogP) is 2.48. The molecular formula is C10H10F2O2S. The Hall–Kier alpha value is -1.10. The molecule has 1 aromatic rings. The molecule has 82 valence electrons. The number of carbonyl (C=O) groups excluding carboxylic acids is 1. The molecule has 15 heavy (non-hydrogen) atoms. The van der Waals surface area contributed by atoms with Crippen molar-refractivity contribution >= 4 is 17.7 Å². The van der Waals surface area contributed by atoms with E-state index in [4.69, 9.17) is 4.74 Å². The third-order valence-electron chi connectivity index (χ3n) is 1.67. The number of halogens is 2. The summed E-state index contributed by atoms with van der Waals surface area (Å²) in [6.45, 7) is 0.190. The molecule has 1 aromatic carbocycles. The van der Waals surface area contributed by atoms with E-state index in [2.05, 4.69) is 0 Å². The van der Waals surface area contributed by atoms with Crippen LogP contribution >= 0.6 is 11.8 Å². The van der Waals surface area contributed by atoms with Gasteiger partial charge in [-0.1, -0.05) is 0 Å². The first-order valence-corrected chi connectivity index (χ1v) is 5.65. The van der Waals surface area contributed by atoms with E-state index in [0.29, 0.717) is 5.75 Å². The highest BCUT2D eigenvalue weighted by Gasteiger charge is 2.13. The predicted molar refractivity (Wildman–Crippen MR) is 55.0 cm³/mol. The van der Waals surface area contributed by atoms with E-state index < -0.39 is 17.6 Å². The number of esters is 1. The molecule has 0 N–H and O–H groups in total. The van der Waals surface area contributed by atoms with Gasteiger partial charge in [-0.3, -0.25) is 0 Å². The van der Waals surface area contributed by atoms with Gasteiger partial charge in [-0.15, -0.1) is 0 Å². The van der Waals surface area contributed by atoms with Crippen molar-refractivity contribution in [3.8, 4) is 0 Å². The third kappa shape index (κ3) is 3.51. The molecule has 0 bridgehead atoms. The molecule has 0 aromatic heterocycles. The Morgan fingerprint density at radius 2 is 2.20 bits per heavy atom. The molecule has 0 amide bonds. The van der Waals surface area contributed by atoms with E-state index in [-0.39, 0.29) is 12.2 Å². The van der Waals surface area contributed by atoms with Gasteiger partial charge >= 0.3 is 5.97 Å². The van der Waals surface area contributed by atoms with E-state index >= 15 is 0 Å². The molecule has 0 saturated heterocycles. The topological polar surface area (TPSA) is 26.3 Å². The number of carbonyl (C=O) groups is 1. The summed E-state index contributed by atoms with van der Waals surface area (Å²) in [7, 11) is 0. The number of thioether (sulfide) groups is 1. The maximum absolute atomic E-state index is 13.1. The minimum atomic E-state index is -0.832. The summed E-state index contributed by atoms with van der Waals surface area (Å²) < 4.78 is 30.5. The Morgan fingerprint density at radius 1 is 1.47 bits per heavy atom. The van der Waals surface area contributed by atoms with Crippen molar-refractivity contribution in [3.05, 3.63) is 35.4 Å². The Kier molecular flexibility index (Phi) is 4.55. The lowest BCUT2D eigenvalue weighted by Gasteiger charge is -2.04. The van der Waals surface area contributed by atoms with Crippen LogP contribution in [0.2, 0.25) is 0 Å². The second-order valence-electron chi connectivity index (χ2n) is 2.75. The van der Waals surface area contributed by atoms with Gasteiger partial charge in [0.25, 0.3) is 0 Å². The molecule has 2 nitrogen and oxygen atoms in total. The second-order valence-corrected chi connectivity index (χ2v) is 3.74. The van der Waals surface area contributed by atoms with Crippen LogP contribution < -0.4 is 0 Å². The summed E-state index contributed by atoms with van der Waals surface area (Å²) in [6.07, 6.45) is 1.86. The van der Waals surface area contributed by atoms with E-state index in [0.717, 1.165) is 18.2 Å². The van der Waals surface area contributed by atoms with Crippen LogP contribution in [-0.2, 0) is 4.74 Å². The van der Waals surface area contributed by atoms with E-state index in [1.54, 1.807) is 0 Å². The van der Waals surface area contributed by atoms with Crippen molar-refractivity contribution in [2.24, 2.45) is 0 Å². The van der Waals surface area contributed by atoms with Gasteiger partial charge in [-0.05, 0) is 24.5 Å². The van der Waals surface area contributed by atoms with Crippen LogP contribution in [0.3, 0.4) is 0 Å². The van der Waals surface area contributed by atoms with Crippen molar-refractivity contribution in [1.82, 2.24) is 0 Å². The summed E-state index contributed by atoms with van der Waals surface area (Å²) in [6, 6.07) is 2.69. The van der Waals surface area contributed by atoms with Crippen molar-refractivity contribution in [2.75, 3.05) is 18.6 Å². The Bertz CT molecular complexity index is 355. The first kappa shape index (κ1) is 12.0. The summed E-state index contributed by atoms with van der Waals surface area (Å²) in [5, 5.41) is 0. The monoisotopic (exact) mass is 232 g/mol. The highest BCUT2D eigenvalue weighted by molar-refractivity contribution is 7.98. The highest BCUT2D eigenvalue weighted by atomic mass is 32.2. The maximum atomic E-state index is 13.1. The average Bonchev–Trinajstić information content (AvgIpc) is 2.22. The van der Waals surface area contributed by atoms with E-state index in [1.807, 2.05) is 6.26 Å². The minimum Gasteiger partial charge on any atom is -0.461 e. The van der Waals surface area contributed by atoms with Crippen molar-refractivity contribution in [3.63, 3.8) is 0 Å². The normalized spacial score (nSPS) is 10.1. The van der Waals surface area contributed by atoms with Gasteiger partial charge in [-0.2, -0.15) is 11.8 Å². The Labute approximate surface area is 90.6 Å². The average molecular weight is 232 g/mol. The zero-order valence-corrected chi connectivity index (χ0v) is 8.94. The minimum absolute atomic E-state index is 0.190. The van der Waals surface area contributed by atoms with Gasteiger partial charge in [0, 0.05) is 5.75 Å². The number of hydrogen-bond donors (Lipinski definition) is 0. The molecule has 0 unspecified atom stereocenters. The van der Waals surface area contributed by atoms with Crippen LogP contribution in [0.1, 0.15) is 10.4 Å². The molecule has 0 atom stereocenters. The fraction of sp³-hybridized carbons (Fsp3) is 0.300. The lowest BCUT2D eigenvalue weighted by molar-refractivity contribution is 0.0524. The van der Waals surface area contributed by atoms with Crippen LogP contribution in [0.4, 0.5) is 8.78 Å². The molecule has 0 heterocycles. The van der Waals surface area contributed by atoms with Gasteiger partial charge in [0.05, 0.1) is 5.56 Å². The lowest BCUT2D eigenvalue weighted by Crippen LogP contribution is -2.10. The Balaban J connectivity index is 2.68. The number of ether oxygens (including phenoxy) is 1. The van der Waals surface area contributed by atoms with Crippen LogP contribution in [0.25, 0.3) is 0 Å². The van der Waals surface area contributed by atoms with Crippen molar-refractivity contribution < 1.29 is 18.3 Å². The lowest BCUT2D eigenvalue weighted by atomic mass is 10.2. The van der Waals surface area contributed by atoms with Crippen LogP contribution in [0, 0.1) is 11.6 Å². The smallest absolute Gasteiger partial charge is 0.341 e. The molecule has 0 saturated carbocycles. The van der Waals surface area contributed by atoms with Crippen LogP contribution in [0.15, 0.2) is 18.2 Å². The first-order valence-electron chi connectivity index (χ1n) is 4.26. The summed E-state index contributed by atoms with van der Waals surface area (Å²) in [5.41, 5.74) is -0.365. The quantitative estimate of drug-likeness (QED) is 0.589. The molecule has 0 spiro atoms. The SMILES string of the molecule is CSCCOC(=O)c1cc(F)ccc1F. The van der Waals surface area contributed by atoms with Gasteiger partial charge in [0.1, 0.15) is 18.2 Å². The zero-order valence-electron chi connectivity index (χ0n) is 8.13. The maximum Gasteiger partial charge on any atom is 0.341 e. The molecule has 0 aliphatic heterocycles. The van der Waals surface area contributed by atoms with E-state index in [9.17, 15) is 13.6 Å². The number of rotatable bonds is 4.